The van der Waals surface area contributed by atoms with Gasteiger partial charge in [-0.05, 0) is 56.4 Å². The van der Waals surface area contributed by atoms with Crippen LogP contribution in [0, 0.1) is 0 Å². The molecule has 2 aliphatic rings. The normalized spacial score (nSPS) is 16.7. The highest BCUT2D eigenvalue weighted by Gasteiger charge is 2.46. The highest BCUT2D eigenvalue weighted by atomic mass is 32.1. The summed E-state index contributed by atoms with van der Waals surface area (Å²) in [6.07, 6.45) is 5.07. The minimum Gasteiger partial charge on any atom is -0.324 e. The zero-order chi connectivity index (χ0) is 24.5. The lowest BCUT2D eigenvalue weighted by Crippen LogP contribution is -2.36. The molecule has 2 N–H and O–H groups in total. The van der Waals surface area contributed by atoms with E-state index in [0.29, 0.717) is 17.0 Å². The van der Waals surface area contributed by atoms with E-state index in [0.717, 1.165) is 29.5 Å². The van der Waals surface area contributed by atoms with Crippen LogP contribution in [0.4, 0.5) is 11.6 Å². The maximum absolute atomic E-state index is 13.3. The number of nitrogens with one attached hydrogen (secondary N) is 2. The van der Waals surface area contributed by atoms with Crippen molar-refractivity contribution in [2.45, 2.75) is 70.9 Å². The SMILES string of the molecule is CC(C)n1c(=O)c2cnc(Nc3ccc4c(c3)CCNC43CC3)nc2n1-c1nc(C(C)(C)C)cs1. The number of anilines is 2. The van der Waals surface area contributed by atoms with Gasteiger partial charge in [-0.2, -0.15) is 4.98 Å². The second-order valence-corrected chi connectivity index (χ2v) is 11.8. The van der Waals surface area contributed by atoms with Gasteiger partial charge in [0.15, 0.2) is 5.65 Å². The number of fused-ring (bicyclic) bond motifs is 3. The van der Waals surface area contributed by atoms with Gasteiger partial charge in [-0.3, -0.25) is 4.79 Å². The summed E-state index contributed by atoms with van der Waals surface area (Å²) in [4.78, 5) is 27.5. The summed E-state index contributed by atoms with van der Waals surface area (Å²) in [7, 11) is 0. The number of benzene rings is 1. The van der Waals surface area contributed by atoms with Crippen LogP contribution in [-0.2, 0) is 17.4 Å². The Morgan fingerprint density at radius 1 is 1.20 bits per heavy atom. The van der Waals surface area contributed by atoms with E-state index < -0.39 is 0 Å². The molecule has 4 aromatic rings. The summed E-state index contributed by atoms with van der Waals surface area (Å²) in [5, 5.41) is 10.3. The second kappa shape index (κ2) is 7.73. The van der Waals surface area contributed by atoms with Crippen molar-refractivity contribution in [2.24, 2.45) is 0 Å². The van der Waals surface area contributed by atoms with E-state index in [9.17, 15) is 4.79 Å². The van der Waals surface area contributed by atoms with Crippen LogP contribution in [0.1, 0.15) is 70.3 Å². The third-order valence-corrected chi connectivity index (χ3v) is 7.85. The average molecular weight is 490 g/mol. The third kappa shape index (κ3) is 3.68. The lowest BCUT2D eigenvalue weighted by atomic mass is 9.92. The second-order valence-electron chi connectivity index (χ2n) is 11.0. The van der Waals surface area contributed by atoms with Gasteiger partial charge < -0.3 is 10.6 Å². The van der Waals surface area contributed by atoms with Crippen molar-refractivity contribution >= 4 is 34.0 Å². The molecule has 1 aliphatic carbocycles. The minimum absolute atomic E-state index is 0.0564. The van der Waals surface area contributed by atoms with E-state index in [1.165, 1.54) is 35.3 Å². The number of rotatable bonds is 4. The first-order chi connectivity index (χ1) is 16.7. The first-order valence-corrected chi connectivity index (χ1v) is 13.2. The topological polar surface area (TPSA) is 89.7 Å². The Labute approximate surface area is 208 Å². The predicted octanol–water partition coefficient (Wildman–Crippen LogP) is 4.80. The number of hydrogen-bond donors (Lipinski definition) is 2. The van der Waals surface area contributed by atoms with Crippen LogP contribution in [0.2, 0.25) is 0 Å². The Balaban J connectivity index is 1.42. The van der Waals surface area contributed by atoms with E-state index >= 15 is 0 Å². The molecule has 35 heavy (non-hydrogen) atoms. The predicted molar refractivity (Wildman–Crippen MR) is 140 cm³/mol. The molecule has 4 heterocycles. The fourth-order valence-electron chi connectivity index (χ4n) is 4.99. The van der Waals surface area contributed by atoms with E-state index in [1.54, 1.807) is 10.9 Å². The fraction of sp³-hybridized carbons (Fsp3) is 0.462. The molecule has 1 aliphatic heterocycles. The lowest BCUT2D eigenvalue weighted by molar-refractivity contribution is 0.473. The summed E-state index contributed by atoms with van der Waals surface area (Å²) in [6, 6.07) is 6.48. The van der Waals surface area contributed by atoms with Gasteiger partial charge in [0.1, 0.15) is 5.39 Å². The van der Waals surface area contributed by atoms with E-state index in [-0.39, 0.29) is 22.6 Å². The Morgan fingerprint density at radius 2 is 2.00 bits per heavy atom. The third-order valence-electron chi connectivity index (χ3n) is 7.04. The minimum atomic E-state index is -0.106. The van der Waals surface area contributed by atoms with Crippen molar-refractivity contribution < 1.29 is 0 Å². The Kier molecular flexibility index (Phi) is 4.95. The van der Waals surface area contributed by atoms with Gasteiger partial charge in [0.25, 0.3) is 5.56 Å². The number of thiazole rings is 1. The quantitative estimate of drug-likeness (QED) is 0.428. The molecule has 8 nitrogen and oxygen atoms in total. The van der Waals surface area contributed by atoms with Crippen LogP contribution in [0.3, 0.4) is 0 Å². The van der Waals surface area contributed by atoms with Gasteiger partial charge in [0.05, 0.1) is 5.69 Å². The summed E-state index contributed by atoms with van der Waals surface area (Å²) in [5.41, 5.74) is 5.34. The summed E-state index contributed by atoms with van der Waals surface area (Å²) in [6.45, 7) is 11.4. The molecule has 0 radical (unpaired) electrons. The number of aromatic nitrogens is 5. The molecule has 1 fully saturated rings. The van der Waals surface area contributed by atoms with Crippen molar-refractivity contribution in [3.05, 3.63) is 57.0 Å². The molecule has 9 heteroatoms. The van der Waals surface area contributed by atoms with Crippen molar-refractivity contribution in [2.75, 3.05) is 11.9 Å². The van der Waals surface area contributed by atoms with E-state index in [1.807, 2.05) is 18.5 Å². The summed E-state index contributed by atoms with van der Waals surface area (Å²) < 4.78 is 3.57. The van der Waals surface area contributed by atoms with Crippen molar-refractivity contribution in [3.63, 3.8) is 0 Å². The van der Waals surface area contributed by atoms with E-state index in [4.69, 9.17) is 9.97 Å². The smallest absolute Gasteiger partial charge is 0.278 e. The molecular formula is C26H31N7OS. The first kappa shape index (κ1) is 22.4. The molecule has 1 saturated carbocycles. The summed E-state index contributed by atoms with van der Waals surface area (Å²) >= 11 is 1.53. The highest BCUT2D eigenvalue weighted by Crippen LogP contribution is 2.48. The zero-order valence-electron chi connectivity index (χ0n) is 20.8. The monoisotopic (exact) mass is 489 g/mol. The Bertz CT molecular complexity index is 1500. The molecule has 182 valence electrons. The highest BCUT2D eigenvalue weighted by molar-refractivity contribution is 7.12. The zero-order valence-corrected chi connectivity index (χ0v) is 21.7. The van der Waals surface area contributed by atoms with Gasteiger partial charge in [0, 0.05) is 40.8 Å². The van der Waals surface area contributed by atoms with Crippen LogP contribution in [0.15, 0.2) is 34.6 Å². The maximum Gasteiger partial charge on any atom is 0.278 e. The van der Waals surface area contributed by atoms with Gasteiger partial charge in [-0.1, -0.05) is 26.8 Å². The Hall–Kier alpha value is -3.04. The molecule has 6 rings (SSSR count). The molecule has 0 saturated heterocycles. The van der Waals surface area contributed by atoms with Gasteiger partial charge in [-0.15, -0.1) is 11.3 Å². The molecular weight excluding hydrogens is 458 g/mol. The van der Waals surface area contributed by atoms with E-state index in [2.05, 4.69) is 60.0 Å². The molecule has 0 atom stereocenters. The maximum atomic E-state index is 13.3. The molecule has 0 bridgehead atoms. The van der Waals surface area contributed by atoms with Crippen LogP contribution >= 0.6 is 11.3 Å². The Morgan fingerprint density at radius 3 is 2.69 bits per heavy atom. The van der Waals surface area contributed by atoms with Crippen LogP contribution in [0.25, 0.3) is 16.2 Å². The van der Waals surface area contributed by atoms with Crippen LogP contribution in [0.5, 0.6) is 0 Å². The van der Waals surface area contributed by atoms with Crippen molar-refractivity contribution in [1.29, 1.82) is 0 Å². The van der Waals surface area contributed by atoms with Gasteiger partial charge in [-0.25, -0.2) is 19.3 Å². The lowest BCUT2D eigenvalue weighted by Gasteiger charge is -2.27. The average Bonchev–Trinajstić information content (AvgIpc) is 3.26. The standard InChI is InChI=1S/C26H31N7OS/c1-15(2)32-22(34)18-13-27-23(31-21(18)33(32)24-30-20(14-35-24)25(3,4)5)29-17-6-7-19-16(12-17)8-11-28-26(19)9-10-26/h6-7,12-15,28H,8-11H2,1-5H3,(H,27,29,31). The fourth-order valence-corrected chi connectivity index (χ4v) is 6.04. The number of nitrogens with zero attached hydrogens (tertiary/aromatic N) is 5. The molecule has 0 unspecified atom stereocenters. The van der Waals surface area contributed by atoms with Crippen molar-refractivity contribution in [1.82, 2.24) is 29.6 Å². The van der Waals surface area contributed by atoms with Crippen LogP contribution < -0.4 is 16.2 Å². The van der Waals surface area contributed by atoms with Gasteiger partial charge in [0.2, 0.25) is 11.1 Å². The molecule has 0 amide bonds. The van der Waals surface area contributed by atoms with Crippen LogP contribution in [-0.4, -0.2) is 30.9 Å². The van der Waals surface area contributed by atoms with Gasteiger partial charge >= 0.3 is 0 Å². The molecule has 1 aromatic carbocycles. The first-order valence-electron chi connectivity index (χ1n) is 12.3. The largest absolute Gasteiger partial charge is 0.324 e. The summed E-state index contributed by atoms with van der Waals surface area (Å²) in [5.74, 6) is 0.467. The van der Waals surface area contributed by atoms with Crippen molar-refractivity contribution in [3.8, 4) is 5.13 Å². The number of hydrogen-bond acceptors (Lipinski definition) is 7. The molecule has 1 spiro atoms. The molecule has 3 aromatic heterocycles.